The molecule has 21 heavy (non-hydrogen) atoms. The van der Waals surface area contributed by atoms with E-state index in [-0.39, 0.29) is 5.41 Å². The number of nitrogens with two attached hydrogens (primary N) is 1. The van der Waals surface area contributed by atoms with Gasteiger partial charge in [-0.25, -0.2) is 4.98 Å². The van der Waals surface area contributed by atoms with Crippen LogP contribution in [0, 0.1) is 0 Å². The van der Waals surface area contributed by atoms with E-state index in [9.17, 15) is 0 Å². The number of aromatic nitrogens is 2. The Balaban J connectivity index is 2.17. The number of benzene rings is 1. The predicted octanol–water partition coefficient (Wildman–Crippen LogP) is 4.81. The van der Waals surface area contributed by atoms with Crippen molar-refractivity contribution in [3.05, 3.63) is 24.0 Å². The zero-order valence-corrected chi connectivity index (χ0v) is 13.5. The monoisotopic (exact) mass is 285 g/mol. The molecule has 2 N–H and O–H groups in total. The Kier molecular flexibility index (Phi) is 3.68. The van der Waals surface area contributed by atoms with E-state index >= 15 is 0 Å². The van der Waals surface area contributed by atoms with Gasteiger partial charge in [0.15, 0.2) is 0 Å². The molecule has 0 aliphatic heterocycles. The minimum absolute atomic E-state index is 0.0556. The zero-order chi connectivity index (χ0) is 15.0. The van der Waals surface area contributed by atoms with Crippen LogP contribution in [0.5, 0.6) is 0 Å². The molecule has 3 nitrogen and oxygen atoms in total. The third-order valence-corrected chi connectivity index (χ3v) is 4.57. The number of fused-ring (bicyclic) bond motifs is 1. The summed E-state index contributed by atoms with van der Waals surface area (Å²) in [7, 11) is 0. The lowest BCUT2D eigenvalue weighted by atomic mass is 9.94. The van der Waals surface area contributed by atoms with Crippen molar-refractivity contribution in [3.63, 3.8) is 0 Å². The second-order valence-electron chi connectivity index (χ2n) is 7.45. The van der Waals surface area contributed by atoms with Crippen LogP contribution < -0.4 is 5.73 Å². The largest absolute Gasteiger partial charge is 0.399 e. The van der Waals surface area contributed by atoms with Crippen LogP contribution >= 0.6 is 0 Å². The van der Waals surface area contributed by atoms with Gasteiger partial charge in [-0.05, 0) is 31.0 Å². The van der Waals surface area contributed by atoms with E-state index in [1.165, 1.54) is 49.9 Å². The van der Waals surface area contributed by atoms with Gasteiger partial charge in [0, 0.05) is 17.1 Å². The predicted molar refractivity (Wildman–Crippen MR) is 89.6 cm³/mol. The van der Waals surface area contributed by atoms with E-state index in [2.05, 4.69) is 31.4 Å². The third-order valence-electron chi connectivity index (χ3n) is 4.57. The highest BCUT2D eigenvalue weighted by Gasteiger charge is 2.27. The fourth-order valence-corrected chi connectivity index (χ4v) is 3.53. The van der Waals surface area contributed by atoms with Gasteiger partial charge < -0.3 is 10.3 Å². The van der Waals surface area contributed by atoms with Gasteiger partial charge >= 0.3 is 0 Å². The van der Waals surface area contributed by atoms with E-state index in [4.69, 9.17) is 10.7 Å². The van der Waals surface area contributed by atoms with E-state index < -0.39 is 0 Å². The van der Waals surface area contributed by atoms with Crippen LogP contribution in [0.15, 0.2) is 18.2 Å². The van der Waals surface area contributed by atoms with E-state index in [1.54, 1.807) is 0 Å². The van der Waals surface area contributed by atoms with Gasteiger partial charge in [-0.2, -0.15) is 0 Å². The van der Waals surface area contributed by atoms with Crippen molar-refractivity contribution in [2.75, 3.05) is 5.73 Å². The smallest absolute Gasteiger partial charge is 0.115 e. The van der Waals surface area contributed by atoms with E-state index in [0.29, 0.717) is 6.04 Å². The maximum Gasteiger partial charge on any atom is 0.115 e. The summed E-state index contributed by atoms with van der Waals surface area (Å²) >= 11 is 0. The summed E-state index contributed by atoms with van der Waals surface area (Å²) < 4.78 is 2.51. The number of nitrogens with zero attached hydrogens (tertiary/aromatic N) is 2. The lowest BCUT2D eigenvalue weighted by Gasteiger charge is -2.26. The van der Waals surface area contributed by atoms with Crippen molar-refractivity contribution in [2.45, 2.75) is 70.8 Å². The summed E-state index contributed by atoms with van der Waals surface area (Å²) in [5.74, 6) is 1.20. The number of rotatable bonds is 1. The Labute approximate surface area is 127 Å². The maximum atomic E-state index is 5.95. The molecule has 0 unspecified atom stereocenters. The SMILES string of the molecule is CC(C)(C)c1nc2cc(N)ccc2n1C1CCCCCC1. The summed E-state index contributed by atoms with van der Waals surface area (Å²) in [5.41, 5.74) is 9.10. The molecule has 1 aliphatic rings. The zero-order valence-electron chi connectivity index (χ0n) is 13.5. The average molecular weight is 285 g/mol. The number of imidazole rings is 1. The van der Waals surface area contributed by atoms with Crippen LogP contribution in [-0.2, 0) is 5.41 Å². The van der Waals surface area contributed by atoms with Gasteiger partial charge in [-0.3, -0.25) is 0 Å². The lowest BCUT2D eigenvalue weighted by molar-refractivity contribution is 0.404. The second kappa shape index (κ2) is 5.36. The first kappa shape index (κ1) is 14.4. The highest BCUT2D eigenvalue weighted by atomic mass is 15.1. The Morgan fingerprint density at radius 1 is 1.10 bits per heavy atom. The van der Waals surface area contributed by atoms with E-state index in [0.717, 1.165) is 11.2 Å². The Bertz CT molecular complexity index is 626. The van der Waals surface area contributed by atoms with Crippen LogP contribution in [0.1, 0.15) is 71.2 Å². The Morgan fingerprint density at radius 3 is 2.38 bits per heavy atom. The molecule has 1 aliphatic carbocycles. The van der Waals surface area contributed by atoms with Crippen molar-refractivity contribution in [1.82, 2.24) is 9.55 Å². The molecule has 0 atom stereocenters. The van der Waals surface area contributed by atoms with Crippen molar-refractivity contribution in [2.24, 2.45) is 0 Å². The van der Waals surface area contributed by atoms with Gasteiger partial charge in [-0.1, -0.05) is 46.5 Å². The van der Waals surface area contributed by atoms with E-state index in [1.807, 2.05) is 12.1 Å². The summed E-state index contributed by atoms with van der Waals surface area (Å²) in [4.78, 5) is 4.93. The average Bonchev–Trinajstić information content (AvgIpc) is 2.60. The van der Waals surface area contributed by atoms with Crippen LogP contribution in [0.4, 0.5) is 5.69 Å². The molecule has 1 saturated carbocycles. The molecule has 1 aromatic carbocycles. The number of hydrogen-bond donors (Lipinski definition) is 1. The fourth-order valence-electron chi connectivity index (χ4n) is 3.53. The van der Waals surface area contributed by atoms with Crippen LogP contribution in [0.2, 0.25) is 0 Å². The Morgan fingerprint density at radius 2 is 1.76 bits per heavy atom. The standard InChI is InChI=1S/C18H27N3/c1-18(2,3)17-20-15-12-13(19)10-11-16(15)21(17)14-8-6-4-5-7-9-14/h10-12,14H,4-9,19H2,1-3H3. The molecule has 0 spiro atoms. The van der Waals surface area contributed by atoms with Crippen LogP contribution in [-0.4, -0.2) is 9.55 Å². The van der Waals surface area contributed by atoms with Gasteiger partial charge in [0.25, 0.3) is 0 Å². The minimum Gasteiger partial charge on any atom is -0.399 e. The molecule has 3 rings (SSSR count). The number of nitrogen functional groups attached to an aromatic ring is 1. The maximum absolute atomic E-state index is 5.95. The van der Waals surface area contributed by atoms with Gasteiger partial charge in [0.2, 0.25) is 0 Å². The lowest BCUT2D eigenvalue weighted by Crippen LogP contribution is -2.22. The third kappa shape index (κ3) is 2.78. The first-order valence-corrected chi connectivity index (χ1v) is 8.25. The van der Waals surface area contributed by atoms with Crippen molar-refractivity contribution < 1.29 is 0 Å². The van der Waals surface area contributed by atoms with Crippen molar-refractivity contribution in [3.8, 4) is 0 Å². The summed E-state index contributed by atoms with van der Waals surface area (Å²) in [6, 6.07) is 6.76. The molecule has 0 bridgehead atoms. The molecule has 114 valence electrons. The Hall–Kier alpha value is -1.51. The molecular weight excluding hydrogens is 258 g/mol. The van der Waals surface area contributed by atoms with Crippen LogP contribution in [0.3, 0.4) is 0 Å². The van der Waals surface area contributed by atoms with Crippen molar-refractivity contribution in [1.29, 1.82) is 0 Å². The molecule has 2 aromatic rings. The summed E-state index contributed by atoms with van der Waals surface area (Å²) in [6.45, 7) is 6.76. The molecule has 1 heterocycles. The molecule has 1 aromatic heterocycles. The highest BCUT2D eigenvalue weighted by Crippen LogP contribution is 2.35. The number of hydrogen-bond acceptors (Lipinski definition) is 2. The van der Waals surface area contributed by atoms with Gasteiger partial charge in [0.05, 0.1) is 11.0 Å². The second-order valence-corrected chi connectivity index (χ2v) is 7.45. The molecule has 1 fully saturated rings. The molecule has 3 heteroatoms. The number of anilines is 1. The normalized spacial score (nSPS) is 18.0. The van der Waals surface area contributed by atoms with Gasteiger partial charge in [0.1, 0.15) is 5.82 Å². The quantitative estimate of drug-likeness (QED) is 0.603. The first-order valence-electron chi connectivity index (χ1n) is 8.25. The van der Waals surface area contributed by atoms with Crippen molar-refractivity contribution >= 4 is 16.7 Å². The molecule has 0 saturated heterocycles. The molecule has 0 radical (unpaired) electrons. The topological polar surface area (TPSA) is 43.8 Å². The van der Waals surface area contributed by atoms with Crippen LogP contribution in [0.25, 0.3) is 11.0 Å². The summed E-state index contributed by atoms with van der Waals surface area (Å²) in [6.07, 6.45) is 7.98. The minimum atomic E-state index is 0.0556. The molecular formula is C18H27N3. The highest BCUT2D eigenvalue weighted by molar-refractivity contribution is 5.80. The van der Waals surface area contributed by atoms with Gasteiger partial charge in [-0.15, -0.1) is 0 Å². The molecule has 0 amide bonds. The first-order chi connectivity index (χ1) is 9.97. The summed E-state index contributed by atoms with van der Waals surface area (Å²) in [5, 5.41) is 0. The fraction of sp³-hybridized carbons (Fsp3) is 0.611.